The number of anilines is 1. The van der Waals surface area contributed by atoms with Crippen LogP contribution in [0.1, 0.15) is 19.7 Å². The Morgan fingerprint density at radius 1 is 1.21 bits per heavy atom. The number of aromatic nitrogens is 2. The van der Waals surface area contributed by atoms with Gasteiger partial charge in [-0.05, 0) is 12.5 Å². The SMILES string of the molecule is COCC(CNc1nnc(CNCC(C)C)o1)OC. The van der Waals surface area contributed by atoms with Crippen LogP contribution in [0.3, 0.4) is 0 Å². The van der Waals surface area contributed by atoms with Crippen LogP contribution in [0.4, 0.5) is 6.01 Å². The minimum atomic E-state index is -0.0422. The van der Waals surface area contributed by atoms with Crippen LogP contribution in [-0.4, -0.2) is 50.2 Å². The molecule has 0 aliphatic rings. The van der Waals surface area contributed by atoms with Gasteiger partial charge in [-0.2, -0.15) is 0 Å². The van der Waals surface area contributed by atoms with Gasteiger partial charge >= 0.3 is 6.01 Å². The van der Waals surface area contributed by atoms with Gasteiger partial charge in [-0.25, -0.2) is 0 Å². The summed E-state index contributed by atoms with van der Waals surface area (Å²) in [5, 5.41) is 14.1. The number of methoxy groups -OCH3 is 2. The summed E-state index contributed by atoms with van der Waals surface area (Å²) >= 11 is 0. The van der Waals surface area contributed by atoms with Gasteiger partial charge in [0.15, 0.2) is 0 Å². The van der Waals surface area contributed by atoms with E-state index >= 15 is 0 Å². The van der Waals surface area contributed by atoms with Crippen LogP contribution in [0.15, 0.2) is 4.42 Å². The molecule has 0 spiro atoms. The predicted octanol–water partition coefficient (Wildman–Crippen LogP) is 0.888. The Morgan fingerprint density at radius 3 is 2.63 bits per heavy atom. The average molecular weight is 272 g/mol. The van der Waals surface area contributed by atoms with E-state index in [2.05, 4.69) is 34.7 Å². The molecule has 19 heavy (non-hydrogen) atoms. The third-order valence-electron chi connectivity index (χ3n) is 2.46. The molecule has 110 valence electrons. The average Bonchev–Trinajstić information content (AvgIpc) is 2.82. The Kier molecular flexibility index (Phi) is 7.39. The maximum Gasteiger partial charge on any atom is 0.315 e. The minimum absolute atomic E-state index is 0.0422. The first-order valence-corrected chi connectivity index (χ1v) is 6.44. The lowest BCUT2D eigenvalue weighted by Crippen LogP contribution is -2.26. The van der Waals surface area contributed by atoms with Gasteiger partial charge in [-0.15, -0.1) is 5.10 Å². The van der Waals surface area contributed by atoms with E-state index in [1.807, 2.05) is 0 Å². The van der Waals surface area contributed by atoms with Crippen LogP contribution >= 0.6 is 0 Å². The third kappa shape index (κ3) is 6.51. The summed E-state index contributed by atoms with van der Waals surface area (Å²) in [5.74, 6) is 1.17. The van der Waals surface area contributed by atoms with Crippen molar-refractivity contribution in [2.24, 2.45) is 5.92 Å². The summed E-state index contributed by atoms with van der Waals surface area (Å²) in [4.78, 5) is 0. The smallest absolute Gasteiger partial charge is 0.315 e. The molecule has 0 saturated carbocycles. The highest BCUT2D eigenvalue weighted by Crippen LogP contribution is 2.06. The Balaban J connectivity index is 2.29. The van der Waals surface area contributed by atoms with Crippen molar-refractivity contribution in [3.05, 3.63) is 5.89 Å². The quantitative estimate of drug-likeness (QED) is 0.654. The molecule has 0 bridgehead atoms. The minimum Gasteiger partial charge on any atom is -0.407 e. The molecule has 1 unspecified atom stereocenters. The van der Waals surface area contributed by atoms with E-state index in [-0.39, 0.29) is 6.10 Å². The standard InChI is InChI=1S/C12H24N4O3/c1-9(2)5-13-7-11-15-16-12(19-11)14-6-10(18-4)8-17-3/h9-10,13H,5-8H2,1-4H3,(H,14,16). The first-order chi connectivity index (χ1) is 9.15. The lowest BCUT2D eigenvalue weighted by molar-refractivity contribution is 0.0363. The molecule has 1 aromatic heterocycles. The largest absolute Gasteiger partial charge is 0.407 e. The highest BCUT2D eigenvalue weighted by Gasteiger charge is 2.10. The van der Waals surface area contributed by atoms with Crippen LogP contribution in [0.2, 0.25) is 0 Å². The van der Waals surface area contributed by atoms with Gasteiger partial charge in [0.1, 0.15) is 0 Å². The zero-order chi connectivity index (χ0) is 14.1. The fourth-order valence-electron chi connectivity index (χ4n) is 1.46. The first kappa shape index (κ1) is 15.9. The van der Waals surface area contributed by atoms with Crippen molar-refractivity contribution in [1.82, 2.24) is 15.5 Å². The van der Waals surface area contributed by atoms with Gasteiger partial charge in [-0.1, -0.05) is 18.9 Å². The monoisotopic (exact) mass is 272 g/mol. The number of ether oxygens (including phenoxy) is 2. The molecule has 0 radical (unpaired) electrons. The molecule has 1 aromatic rings. The zero-order valence-electron chi connectivity index (χ0n) is 12.1. The molecule has 0 amide bonds. The number of hydrogen-bond acceptors (Lipinski definition) is 7. The van der Waals surface area contributed by atoms with Gasteiger partial charge in [0.25, 0.3) is 0 Å². The molecular formula is C12H24N4O3. The second kappa shape index (κ2) is 8.84. The molecule has 0 aromatic carbocycles. The van der Waals surface area contributed by atoms with Gasteiger partial charge in [-0.3, -0.25) is 0 Å². The maximum atomic E-state index is 5.45. The van der Waals surface area contributed by atoms with Crippen molar-refractivity contribution in [1.29, 1.82) is 0 Å². The molecule has 2 N–H and O–H groups in total. The predicted molar refractivity (Wildman–Crippen MR) is 72.0 cm³/mol. The van der Waals surface area contributed by atoms with E-state index in [0.29, 0.717) is 37.5 Å². The zero-order valence-corrected chi connectivity index (χ0v) is 12.1. The van der Waals surface area contributed by atoms with E-state index in [9.17, 15) is 0 Å². The molecule has 1 heterocycles. The summed E-state index contributed by atoms with van der Waals surface area (Å²) in [5.41, 5.74) is 0. The van der Waals surface area contributed by atoms with E-state index < -0.39 is 0 Å². The fraction of sp³-hybridized carbons (Fsp3) is 0.833. The van der Waals surface area contributed by atoms with Crippen LogP contribution in [0.5, 0.6) is 0 Å². The van der Waals surface area contributed by atoms with Crippen LogP contribution in [0, 0.1) is 5.92 Å². The number of nitrogens with zero attached hydrogens (tertiary/aromatic N) is 2. The second-order valence-electron chi connectivity index (χ2n) is 4.72. The molecule has 0 fully saturated rings. The topological polar surface area (TPSA) is 81.4 Å². The van der Waals surface area contributed by atoms with Crippen molar-refractivity contribution in [3.63, 3.8) is 0 Å². The van der Waals surface area contributed by atoms with Crippen LogP contribution in [0.25, 0.3) is 0 Å². The van der Waals surface area contributed by atoms with Crippen molar-refractivity contribution >= 4 is 6.01 Å². The van der Waals surface area contributed by atoms with Gasteiger partial charge in [0, 0.05) is 20.8 Å². The van der Waals surface area contributed by atoms with Crippen LogP contribution in [-0.2, 0) is 16.0 Å². The van der Waals surface area contributed by atoms with E-state index in [1.54, 1.807) is 14.2 Å². The Labute approximate surface area is 114 Å². The van der Waals surface area contributed by atoms with E-state index in [4.69, 9.17) is 13.9 Å². The normalized spacial score (nSPS) is 12.9. The van der Waals surface area contributed by atoms with Gasteiger partial charge < -0.3 is 24.5 Å². The third-order valence-corrected chi connectivity index (χ3v) is 2.46. The molecule has 0 saturated heterocycles. The van der Waals surface area contributed by atoms with Crippen molar-refractivity contribution < 1.29 is 13.9 Å². The Morgan fingerprint density at radius 2 is 2.00 bits per heavy atom. The van der Waals surface area contributed by atoms with E-state index in [1.165, 1.54) is 0 Å². The first-order valence-electron chi connectivity index (χ1n) is 6.44. The highest BCUT2D eigenvalue weighted by molar-refractivity contribution is 5.17. The molecule has 0 aliphatic carbocycles. The summed E-state index contributed by atoms with van der Waals surface area (Å²) in [6.07, 6.45) is -0.0422. The van der Waals surface area contributed by atoms with Crippen molar-refractivity contribution in [2.45, 2.75) is 26.5 Å². The summed E-state index contributed by atoms with van der Waals surface area (Å²) in [7, 11) is 3.28. The summed E-state index contributed by atoms with van der Waals surface area (Å²) in [6.45, 7) is 6.87. The molecule has 7 heteroatoms. The molecule has 7 nitrogen and oxygen atoms in total. The van der Waals surface area contributed by atoms with Crippen molar-refractivity contribution in [2.75, 3.05) is 39.2 Å². The highest BCUT2D eigenvalue weighted by atomic mass is 16.5. The van der Waals surface area contributed by atoms with Gasteiger partial charge in [0.05, 0.1) is 19.3 Å². The molecule has 1 rings (SSSR count). The Bertz CT molecular complexity index is 343. The lowest BCUT2D eigenvalue weighted by Gasteiger charge is -2.13. The number of nitrogens with one attached hydrogen (secondary N) is 2. The maximum absolute atomic E-state index is 5.45. The summed E-state index contributed by atoms with van der Waals surface area (Å²) in [6, 6.07) is 0.402. The van der Waals surface area contributed by atoms with E-state index in [0.717, 1.165) is 6.54 Å². The van der Waals surface area contributed by atoms with Crippen molar-refractivity contribution in [3.8, 4) is 0 Å². The molecule has 1 atom stereocenters. The number of hydrogen-bond donors (Lipinski definition) is 2. The van der Waals surface area contributed by atoms with Crippen LogP contribution < -0.4 is 10.6 Å². The molecular weight excluding hydrogens is 248 g/mol. The summed E-state index contributed by atoms with van der Waals surface area (Å²) < 4.78 is 15.7. The molecule has 0 aliphatic heterocycles. The lowest BCUT2D eigenvalue weighted by atomic mass is 10.2. The second-order valence-corrected chi connectivity index (χ2v) is 4.72. The number of rotatable bonds is 10. The Hall–Kier alpha value is -1.18. The van der Waals surface area contributed by atoms with Gasteiger partial charge in [0.2, 0.25) is 5.89 Å². The fourth-order valence-corrected chi connectivity index (χ4v) is 1.46.